The van der Waals surface area contributed by atoms with Gasteiger partial charge in [-0.25, -0.2) is 0 Å². The molecule has 0 spiro atoms. The summed E-state index contributed by atoms with van der Waals surface area (Å²) in [7, 11) is 2.31. The van der Waals surface area contributed by atoms with Crippen LogP contribution in [0, 0.1) is 5.92 Å². The van der Waals surface area contributed by atoms with Crippen molar-refractivity contribution in [3.05, 3.63) is 0 Å². The van der Waals surface area contributed by atoms with E-state index in [1.54, 1.807) is 0 Å². The van der Waals surface area contributed by atoms with Crippen molar-refractivity contribution in [1.82, 2.24) is 10.2 Å². The zero-order valence-electron chi connectivity index (χ0n) is 15.0. The second kappa shape index (κ2) is 6.55. The summed E-state index contributed by atoms with van der Waals surface area (Å²) in [5.74, 6) is 0.546. The van der Waals surface area contributed by atoms with Gasteiger partial charge in [0.25, 0.3) is 0 Å². The largest absolute Gasteiger partial charge is 0.368 e. The summed E-state index contributed by atoms with van der Waals surface area (Å²) in [5, 5.41) is 3.77. The summed E-state index contributed by atoms with van der Waals surface area (Å²) in [6.45, 7) is 13.5. The molecule has 0 aromatic rings. The molecule has 1 aliphatic carbocycles. The Hall–Kier alpha value is -0.120. The van der Waals surface area contributed by atoms with Gasteiger partial charge >= 0.3 is 0 Å². The van der Waals surface area contributed by atoms with Crippen molar-refractivity contribution in [3.8, 4) is 0 Å². The van der Waals surface area contributed by atoms with Crippen LogP contribution in [0.3, 0.4) is 0 Å². The highest BCUT2D eigenvalue weighted by Crippen LogP contribution is 2.43. The minimum Gasteiger partial charge on any atom is -0.368 e. The van der Waals surface area contributed by atoms with Gasteiger partial charge in [0, 0.05) is 24.5 Å². The van der Waals surface area contributed by atoms with Crippen molar-refractivity contribution in [2.24, 2.45) is 5.92 Å². The molecular formula is C18H36N2O. The number of rotatable bonds is 6. The maximum absolute atomic E-state index is 6.43. The fourth-order valence-corrected chi connectivity index (χ4v) is 4.52. The molecule has 21 heavy (non-hydrogen) atoms. The molecule has 1 N–H and O–H groups in total. The van der Waals surface area contributed by atoms with E-state index in [0.29, 0.717) is 12.0 Å². The van der Waals surface area contributed by atoms with E-state index in [1.165, 1.54) is 32.1 Å². The minimum atomic E-state index is -0.0835. The predicted octanol–water partition coefficient (Wildman–Crippen LogP) is 3.43. The highest BCUT2D eigenvalue weighted by Gasteiger charge is 2.53. The topological polar surface area (TPSA) is 24.5 Å². The molecule has 0 amide bonds. The fraction of sp³-hybridized carbons (Fsp3) is 1.00. The first-order chi connectivity index (χ1) is 9.78. The highest BCUT2D eigenvalue weighted by atomic mass is 16.5. The van der Waals surface area contributed by atoms with Gasteiger partial charge in [-0.2, -0.15) is 0 Å². The number of nitrogens with one attached hydrogen (secondary N) is 1. The summed E-state index contributed by atoms with van der Waals surface area (Å²) >= 11 is 0. The number of nitrogens with zero attached hydrogens (tertiary/aromatic N) is 1. The summed E-state index contributed by atoms with van der Waals surface area (Å²) in [6, 6.07) is 1.23. The minimum absolute atomic E-state index is 0.0538. The third-order valence-corrected chi connectivity index (χ3v) is 5.62. The summed E-state index contributed by atoms with van der Waals surface area (Å²) in [6.07, 6.45) is 6.74. The monoisotopic (exact) mass is 296 g/mol. The molecule has 3 nitrogen and oxygen atoms in total. The standard InChI is InChI=1S/C18H36N2O/c1-7-12-19-16-15(17(2,3)21-18(16,4)5)13-20(6)14-10-8-9-11-14/h14-16,19H,7-13H2,1-6H3. The molecule has 124 valence electrons. The van der Waals surface area contributed by atoms with Gasteiger partial charge in [-0.1, -0.05) is 19.8 Å². The molecule has 1 heterocycles. The maximum Gasteiger partial charge on any atom is 0.0790 e. The molecular weight excluding hydrogens is 260 g/mol. The summed E-state index contributed by atoms with van der Waals surface area (Å²) in [4.78, 5) is 2.60. The predicted molar refractivity (Wildman–Crippen MR) is 89.7 cm³/mol. The molecule has 0 aromatic carbocycles. The van der Waals surface area contributed by atoms with Crippen molar-refractivity contribution < 1.29 is 4.74 Å². The molecule has 2 aliphatic rings. The molecule has 0 aromatic heterocycles. The zero-order chi connectivity index (χ0) is 15.7. The van der Waals surface area contributed by atoms with E-state index in [0.717, 1.165) is 19.1 Å². The second-order valence-electron chi connectivity index (χ2n) is 8.23. The Morgan fingerprint density at radius 3 is 2.29 bits per heavy atom. The van der Waals surface area contributed by atoms with Crippen LogP contribution in [0.1, 0.15) is 66.7 Å². The second-order valence-corrected chi connectivity index (χ2v) is 8.23. The van der Waals surface area contributed by atoms with Gasteiger partial charge in [-0.05, 0) is 60.5 Å². The Morgan fingerprint density at radius 1 is 1.10 bits per heavy atom. The molecule has 0 radical (unpaired) electrons. The fourth-order valence-electron chi connectivity index (χ4n) is 4.52. The molecule has 2 atom stereocenters. The lowest BCUT2D eigenvalue weighted by molar-refractivity contribution is -0.0797. The first-order valence-electron chi connectivity index (χ1n) is 8.91. The maximum atomic E-state index is 6.43. The summed E-state index contributed by atoms with van der Waals surface area (Å²) < 4.78 is 6.43. The highest BCUT2D eigenvalue weighted by molar-refractivity contribution is 5.06. The van der Waals surface area contributed by atoms with Gasteiger partial charge in [-0.15, -0.1) is 0 Å². The Morgan fingerprint density at radius 2 is 1.71 bits per heavy atom. The van der Waals surface area contributed by atoms with Crippen LogP contribution in [-0.2, 0) is 4.74 Å². The first-order valence-corrected chi connectivity index (χ1v) is 8.91. The Bertz CT molecular complexity index is 334. The van der Waals surface area contributed by atoms with Crippen LogP contribution in [-0.4, -0.2) is 48.3 Å². The van der Waals surface area contributed by atoms with Gasteiger partial charge < -0.3 is 15.0 Å². The molecule has 2 unspecified atom stereocenters. The van der Waals surface area contributed by atoms with Gasteiger partial charge in [0.2, 0.25) is 0 Å². The number of ether oxygens (including phenoxy) is 1. The Kier molecular flexibility index (Phi) is 5.38. The SMILES string of the molecule is CCCNC1C(CN(C)C2CCCC2)C(C)(C)OC1(C)C. The first kappa shape index (κ1) is 17.2. The third kappa shape index (κ3) is 3.80. The van der Waals surface area contributed by atoms with Crippen LogP contribution in [0.5, 0.6) is 0 Å². The quantitative estimate of drug-likeness (QED) is 0.812. The lowest BCUT2D eigenvalue weighted by Gasteiger charge is -2.35. The Labute approximate surface area is 131 Å². The van der Waals surface area contributed by atoms with E-state index in [-0.39, 0.29) is 11.2 Å². The van der Waals surface area contributed by atoms with E-state index >= 15 is 0 Å². The molecule has 1 saturated heterocycles. The average Bonchev–Trinajstić information content (AvgIpc) is 2.94. The normalized spacial score (nSPS) is 32.1. The van der Waals surface area contributed by atoms with Crippen molar-refractivity contribution in [2.75, 3.05) is 20.1 Å². The molecule has 1 aliphatic heterocycles. The van der Waals surface area contributed by atoms with E-state index in [1.807, 2.05) is 0 Å². The van der Waals surface area contributed by atoms with E-state index in [9.17, 15) is 0 Å². The van der Waals surface area contributed by atoms with Crippen LogP contribution >= 0.6 is 0 Å². The van der Waals surface area contributed by atoms with Gasteiger partial charge in [0.05, 0.1) is 11.2 Å². The zero-order valence-corrected chi connectivity index (χ0v) is 15.0. The lowest BCUT2D eigenvalue weighted by Crippen LogP contribution is -2.51. The molecule has 1 saturated carbocycles. The van der Waals surface area contributed by atoms with E-state index in [4.69, 9.17) is 4.74 Å². The summed E-state index contributed by atoms with van der Waals surface area (Å²) in [5.41, 5.74) is -0.137. The van der Waals surface area contributed by atoms with Crippen LogP contribution in [0.4, 0.5) is 0 Å². The van der Waals surface area contributed by atoms with Crippen LogP contribution in [0.2, 0.25) is 0 Å². The van der Waals surface area contributed by atoms with Crippen molar-refractivity contribution in [2.45, 2.75) is 90.0 Å². The smallest absolute Gasteiger partial charge is 0.0790 e. The molecule has 0 bridgehead atoms. The number of hydrogen-bond donors (Lipinski definition) is 1. The van der Waals surface area contributed by atoms with Crippen molar-refractivity contribution in [3.63, 3.8) is 0 Å². The molecule has 2 fully saturated rings. The van der Waals surface area contributed by atoms with Crippen LogP contribution < -0.4 is 5.32 Å². The average molecular weight is 296 g/mol. The van der Waals surface area contributed by atoms with Crippen LogP contribution in [0.25, 0.3) is 0 Å². The van der Waals surface area contributed by atoms with Crippen molar-refractivity contribution in [1.29, 1.82) is 0 Å². The lowest BCUT2D eigenvalue weighted by atomic mass is 9.82. The van der Waals surface area contributed by atoms with E-state index in [2.05, 4.69) is 51.9 Å². The third-order valence-electron chi connectivity index (χ3n) is 5.62. The Balaban J connectivity index is 2.08. The number of hydrogen-bond acceptors (Lipinski definition) is 3. The van der Waals surface area contributed by atoms with E-state index < -0.39 is 0 Å². The molecule has 3 heteroatoms. The molecule has 2 rings (SSSR count). The van der Waals surface area contributed by atoms with Gasteiger partial charge in [0.15, 0.2) is 0 Å². The van der Waals surface area contributed by atoms with Gasteiger partial charge in [-0.3, -0.25) is 0 Å². The van der Waals surface area contributed by atoms with Crippen LogP contribution in [0.15, 0.2) is 0 Å². The van der Waals surface area contributed by atoms with Gasteiger partial charge in [0.1, 0.15) is 0 Å². The van der Waals surface area contributed by atoms with Crippen molar-refractivity contribution >= 4 is 0 Å².